The monoisotopic (exact) mass is 353 g/mol. The van der Waals surface area contributed by atoms with Crippen molar-refractivity contribution < 1.29 is 14.5 Å². The number of rotatable bonds is 3. The highest BCUT2D eigenvalue weighted by atomic mass is 35.5. The minimum Gasteiger partial charge on any atom is -0.267 e. The van der Waals surface area contributed by atoms with Crippen molar-refractivity contribution in [2.24, 2.45) is 0 Å². The van der Waals surface area contributed by atoms with Crippen molar-refractivity contribution in [2.45, 2.75) is 0 Å². The molecule has 0 saturated carbocycles. The number of carbonyl (C=O) groups is 2. The van der Waals surface area contributed by atoms with Crippen LogP contribution in [0.25, 0.3) is 0 Å². The molecule has 7 nitrogen and oxygen atoms in total. The van der Waals surface area contributed by atoms with Gasteiger partial charge in [0.05, 0.1) is 15.5 Å². The molecule has 0 aliphatic carbocycles. The second kappa shape index (κ2) is 7.08. The van der Waals surface area contributed by atoms with E-state index >= 15 is 0 Å². The van der Waals surface area contributed by atoms with Crippen LogP contribution in [0.2, 0.25) is 10.0 Å². The van der Waals surface area contributed by atoms with Gasteiger partial charge in [0.25, 0.3) is 17.5 Å². The zero-order valence-corrected chi connectivity index (χ0v) is 12.9. The Balaban J connectivity index is 2.14. The van der Waals surface area contributed by atoms with E-state index in [-0.39, 0.29) is 21.2 Å². The van der Waals surface area contributed by atoms with Crippen molar-refractivity contribution in [3.05, 3.63) is 73.8 Å². The molecule has 118 valence electrons. The van der Waals surface area contributed by atoms with Crippen LogP contribution in [0.5, 0.6) is 0 Å². The van der Waals surface area contributed by atoms with Gasteiger partial charge in [0.2, 0.25) is 0 Å². The Morgan fingerprint density at radius 2 is 1.57 bits per heavy atom. The topological polar surface area (TPSA) is 101 Å². The summed E-state index contributed by atoms with van der Waals surface area (Å²) in [7, 11) is 0. The van der Waals surface area contributed by atoms with E-state index in [2.05, 4.69) is 10.9 Å². The largest absolute Gasteiger partial charge is 0.282 e. The Hall–Kier alpha value is -2.64. The quantitative estimate of drug-likeness (QED) is 0.654. The van der Waals surface area contributed by atoms with Crippen LogP contribution in [0.4, 0.5) is 5.69 Å². The summed E-state index contributed by atoms with van der Waals surface area (Å²) in [5, 5.41) is 11.3. The molecule has 2 aromatic rings. The molecule has 0 aromatic heterocycles. The van der Waals surface area contributed by atoms with E-state index in [4.69, 9.17) is 23.2 Å². The van der Waals surface area contributed by atoms with Gasteiger partial charge in [-0.2, -0.15) is 0 Å². The fourth-order valence-corrected chi connectivity index (χ4v) is 2.14. The first kappa shape index (κ1) is 16.7. The highest BCUT2D eigenvalue weighted by Gasteiger charge is 2.21. The smallest absolute Gasteiger partial charge is 0.267 e. The number of nitro groups is 1. The lowest BCUT2D eigenvalue weighted by Crippen LogP contribution is -2.41. The number of nitro benzene ring substituents is 1. The molecule has 2 amide bonds. The lowest BCUT2D eigenvalue weighted by molar-refractivity contribution is -0.385. The predicted octanol–water partition coefficient (Wildman–Crippen LogP) is 2.98. The molecule has 0 bridgehead atoms. The highest BCUT2D eigenvalue weighted by Crippen LogP contribution is 2.22. The van der Waals surface area contributed by atoms with Gasteiger partial charge in [-0.1, -0.05) is 35.3 Å². The second-order valence-electron chi connectivity index (χ2n) is 4.31. The molecular weight excluding hydrogens is 345 g/mol. The summed E-state index contributed by atoms with van der Waals surface area (Å²) in [6, 6.07) is 9.76. The van der Waals surface area contributed by atoms with Crippen LogP contribution in [0.15, 0.2) is 42.5 Å². The van der Waals surface area contributed by atoms with E-state index in [9.17, 15) is 19.7 Å². The Bertz CT molecular complexity index is 795. The van der Waals surface area contributed by atoms with Crippen LogP contribution in [-0.4, -0.2) is 16.7 Å². The van der Waals surface area contributed by atoms with Crippen molar-refractivity contribution in [3.8, 4) is 0 Å². The van der Waals surface area contributed by atoms with Gasteiger partial charge in [-0.15, -0.1) is 0 Å². The van der Waals surface area contributed by atoms with Gasteiger partial charge in [-0.25, -0.2) is 0 Å². The van der Waals surface area contributed by atoms with Crippen molar-refractivity contribution >= 4 is 40.7 Å². The number of nitrogens with zero attached hydrogens (tertiary/aromatic N) is 1. The van der Waals surface area contributed by atoms with Crippen LogP contribution in [0.1, 0.15) is 20.7 Å². The molecule has 0 saturated heterocycles. The Labute approximate surface area is 140 Å². The molecule has 0 atom stereocenters. The number of carbonyl (C=O) groups excluding carboxylic acids is 2. The van der Waals surface area contributed by atoms with Crippen LogP contribution >= 0.6 is 23.2 Å². The van der Waals surface area contributed by atoms with E-state index in [0.717, 1.165) is 12.1 Å². The maximum atomic E-state index is 12.0. The first-order valence-corrected chi connectivity index (χ1v) is 6.95. The summed E-state index contributed by atoms with van der Waals surface area (Å²) in [6.07, 6.45) is 0. The van der Waals surface area contributed by atoms with Gasteiger partial charge in [0.1, 0.15) is 5.56 Å². The van der Waals surface area contributed by atoms with Crippen LogP contribution < -0.4 is 10.9 Å². The SMILES string of the molecule is O=C(NNC(=O)c1cc(Cl)ccc1[N+](=O)[O-])c1ccccc1Cl. The number of hydrogen-bond acceptors (Lipinski definition) is 4. The van der Waals surface area contributed by atoms with E-state index in [1.165, 1.54) is 18.2 Å². The lowest BCUT2D eigenvalue weighted by atomic mass is 10.1. The summed E-state index contributed by atoms with van der Waals surface area (Å²) < 4.78 is 0. The molecule has 0 spiro atoms. The normalized spacial score (nSPS) is 10.0. The number of halogens is 2. The average Bonchev–Trinajstić information content (AvgIpc) is 2.52. The van der Waals surface area contributed by atoms with E-state index in [1.807, 2.05) is 0 Å². The minimum absolute atomic E-state index is 0.148. The van der Waals surface area contributed by atoms with Crippen molar-refractivity contribution in [1.82, 2.24) is 10.9 Å². The third-order valence-electron chi connectivity index (χ3n) is 2.81. The molecule has 0 aliphatic heterocycles. The molecule has 2 N–H and O–H groups in total. The van der Waals surface area contributed by atoms with Crippen molar-refractivity contribution in [3.63, 3.8) is 0 Å². The van der Waals surface area contributed by atoms with E-state index in [0.29, 0.717) is 0 Å². The Kier molecular flexibility index (Phi) is 5.15. The molecule has 2 rings (SSSR count). The molecular formula is C14H9Cl2N3O4. The number of nitrogens with one attached hydrogen (secondary N) is 2. The zero-order valence-electron chi connectivity index (χ0n) is 11.4. The molecule has 0 aliphatic rings. The van der Waals surface area contributed by atoms with Crippen LogP contribution in [-0.2, 0) is 0 Å². The summed E-state index contributed by atoms with van der Waals surface area (Å²) in [5.74, 6) is -1.53. The first-order valence-electron chi connectivity index (χ1n) is 6.19. The van der Waals surface area contributed by atoms with Gasteiger partial charge < -0.3 is 0 Å². The molecule has 2 aromatic carbocycles. The fraction of sp³-hybridized carbons (Fsp3) is 0. The van der Waals surface area contributed by atoms with Crippen LogP contribution in [0, 0.1) is 10.1 Å². The summed E-state index contributed by atoms with van der Waals surface area (Å²) in [5.41, 5.74) is 3.66. The van der Waals surface area contributed by atoms with E-state index in [1.54, 1.807) is 12.1 Å². The Morgan fingerprint density at radius 1 is 0.957 bits per heavy atom. The predicted molar refractivity (Wildman–Crippen MR) is 84.5 cm³/mol. The van der Waals surface area contributed by atoms with Gasteiger partial charge in [-0.3, -0.25) is 30.6 Å². The lowest BCUT2D eigenvalue weighted by Gasteiger charge is -2.09. The zero-order chi connectivity index (χ0) is 17.0. The Morgan fingerprint density at radius 3 is 2.17 bits per heavy atom. The van der Waals surface area contributed by atoms with Gasteiger partial charge in [-0.05, 0) is 24.3 Å². The molecule has 9 heteroatoms. The first-order chi connectivity index (χ1) is 10.9. The number of benzene rings is 2. The van der Waals surface area contributed by atoms with Gasteiger partial charge in [0, 0.05) is 11.1 Å². The molecule has 0 heterocycles. The summed E-state index contributed by atoms with van der Waals surface area (Å²) in [6.45, 7) is 0. The van der Waals surface area contributed by atoms with Gasteiger partial charge in [0.15, 0.2) is 0 Å². The average molecular weight is 354 g/mol. The van der Waals surface area contributed by atoms with E-state index < -0.39 is 22.4 Å². The highest BCUT2D eigenvalue weighted by molar-refractivity contribution is 6.33. The number of hydrazine groups is 1. The summed E-state index contributed by atoms with van der Waals surface area (Å²) in [4.78, 5) is 34.1. The molecule has 0 fully saturated rings. The summed E-state index contributed by atoms with van der Waals surface area (Å²) >= 11 is 11.6. The minimum atomic E-state index is -0.875. The second-order valence-corrected chi connectivity index (χ2v) is 5.15. The standard InChI is InChI=1S/C14H9Cl2N3O4/c15-8-5-6-12(19(22)23)10(7-8)14(21)18-17-13(20)9-3-1-2-4-11(9)16/h1-7H,(H,17,20)(H,18,21). The van der Waals surface area contributed by atoms with Gasteiger partial charge >= 0.3 is 0 Å². The van der Waals surface area contributed by atoms with Crippen LogP contribution in [0.3, 0.4) is 0 Å². The maximum absolute atomic E-state index is 12.0. The third kappa shape index (κ3) is 3.97. The number of hydrogen-bond donors (Lipinski definition) is 2. The molecule has 23 heavy (non-hydrogen) atoms. The van der Waals surface area contributed by atoms with Crippen molar-refractivity contribution in [2.75, 3.05) is 0 Å². The fourth-order valence-electron chi connectivity index (χ4n) is 1.74. The molecule has 0 radical (unpaired) electrons. The van der Waals surface area contributed by atoms with Crippen molar-refractivity contribution in [1.29, 1.82) is 0 Å². The maximum Gasteiger partial charge on any atom is 0.282 e. The third-order valence-corrected chi connectivity index (χ3v) is 3.37. The molecule has 0 unspecified atom stereocenters. The number of amides is 2.